The van der Waals surface area contributed by atoms with Gasteiger partial charge in [-0.15, -0.1) is 0 Å². The summed E-state index contributed by atoms with van der Waals surface area (Å²) in [6, 6.07) is 0.570. The molecule has 0 bridgehead atoms. The highest BCUT2D eigenvalue weighted by Gasteiger charge is 2.23. The number of hydrogen-bond acceptors (Lipinski definition) is 4. The third-order valence-corrected chi connectivity index (χ3v) is 2.30. The fourth-order valence-corrected chi connectivity index (χ4v) is 1.38. The predicted molar refractivity (Wildman–Crippen MR) is 62.5 cm³/mol. The van der Waals surface area contributed by atoms with Gasteiger partial charge in [0.25, 0.3) is 0 Å². The van der Waals surface area contributed by atoms with E-state index in [2.05, 4.69) is 10.6 Å². The van der Waals surface area contributed by atoms with Crippen LogP contribution in [-0.4, -0.2) is 34.2 Å². The molecule has 0 saturated carbocycles. The average molecular weight is 270 g/mol. The molecule has 0 saturated heterocycles. The van der Waals surface area contributed by atoms with Crippen LogP contribution in [0.15, 0.2) is 22.8 Å². The summed E-state index contributed by atoms with van der Waals surface area (Å²) in [5, 5.41) is 21.8. The van der Waals surface area contributed by atoms with Gasteiger partial charge in [-0.2, -0.15) is 0 Å². The van der Waals surface area contributed by atoms with Crippen molar-refractivity contribution in [2.45, 2.75) is 25.4 Å². The zero-order valence-electron chi connectivity index (χ0n) is 10.1. The van der Waals surface area contributed by atoms with Gasteiger partial charge in [-0.3, -0.25) is 4.79 Å². The molecule has 2 amide bonds. The number of nitrogens with one attached hydrogen (secondary N) is 2. The van der Waals surface area contributed by atoms with Crippen molar-refractivity contribution < 1.29 is 29.0 Å². The zero-order chi connectivity index (χ0) is 14.4. The number of carbonyl (C=O) groups excluding carboxylic acids is 1. The summed E-state index contributed by atoms with van der Waals surface area (Å²) < 4.78 is 5.06. The molecule has 1 heterocycles. The first-order chi connectivity index (χ1) is 8.90. The quantitative estimate of drug-likeness (QED) is 0.598. The Bertz CT molecular complexity index is 456. The van der Waals surface area contributed by atoms with Crippen LogP contribution in [0.2, 0.25) is 0 Å². The van der Waals surface area contributed by atoms with Gasteiger partial charge in [-0.1, -0.05) is 0 Å². The Hall–Kier alpha value is -2.51. The number of carboxylic acid groups (broad SMARTS) is 2. The van der Waals surface area contributed by atoms with Crippen molar-refractivity contribution in [2.75, 3.05) is 0 Å². The summed E-state index contributed by atoms with van der Waals surface area (Å²) in [5.41, 5.74) is 0. The molecular weight excluding hydrogens is 256 g/mol. The van der Waals surface area contributed by atoms with E-state index in [4.69, 9.17) is 14.6 Å². The van der Waals surface area contributed by atoms with Gasteiger partial charge in [0.05, 0.1) is 18.7 Å². The van der Waals surface area contributed by atoms with Crippen LogP contribution in [-0.2, 0) is 9.59 Å². The number of furan rings is 1. The van der Waals surface area contributed by atoms with Gasteiger partial charge in [0, 0.05) is 0 Å². The monoisotopic (exact) mass is 270 g/mol. The van der Waals surface area contributed by atoms with E-state index in [-0.39, 0.29) is 0 Å². The maximum atomic E-state index is 11.5. The van der Waals surface area contributed by atoms with Gasteiger partial charge in [0.15, 0.2) is 0 Å². The van der Waals surface area contributed by atoms with Crippen LogP contribution in [0.5, 0.6) is 0 Å². The van der Waals surface area contributed by atoms with E-state index in [1.165, 1.54) is 6.26 Å². The average Bonchev–Trinajstić information content (AvgIpc) is 2.80. The molecule has 0 fully saturated rings. The maximum absolute atomic E-state index is 11.5. The van der Waals surface area contributed by atoms with Crippen LogP contribution in [0.25, 0.3) is 0 Å². The molecule has 104 valence electrons. The number of carbonyl (C=O) groups is 3. The minimum Gasteiger partial charge on any atom is -0.481 e. The maximum Gasteiger partial charge on any atom is 0.326 e. The summed E-state index contributed by atoms with van der Waals surface area (Å²) in [7, 11) is 0. The summed E-state index contributed by atoms with van der Waals surface area (Å²) in [5.74, 6) is -2.23. The Kier molecular flexibility index (Phi) is 4.92. The van der Waals surface area contributed by atoms with E-state index in [9.17, 15) is 14.4 Å². The molecule has 19 heavy (non-hydrogen) atoms. The van der Waals surface area contributed by atoms with E-state index in [1.807, 2.05) is 0 Å². The second-order valence-electron chi connectivity index (χ2n) is 3.84. The Labute approximate surface area is 108 Å². The molecule has 0 aliphatic rings. The van der Waals surface area contributed by atoms with Crippen LogP contribution in [0.4, 0.5) is 4.79 Å². The molecular formula is C11H14N2O6. The summed E-state index contributed by atoms with van der Waals surface area (Å²) in [6.45, 7) is 1.64. The van der Waals surface area contributed by atoms with Crippen molar-refractivity contribution in [3.8, 4) is 0 Å². The van der Waals surface area contributed by atoms with Crippen molar-refractivity contribution >= 4 is 18.0 Å². The third-order valence-electron chi connectivity index (χ3n) is 2.30. The lowest BCUT2D eigenvalue weighted by atomic mass is 10.2. The first-order valence-electron chi connectivity index (χ1n) is 5.45. The highest BCUT2D eigenvalue weighted by Crippen LogP contribution is 2.11. The van der Waals surface area contributed by atoms with Crippen LogP contribution in [0, 0.1) is 0 Å². The number of carboxylic acids is 2. The number of hydrogen-bond donors (Lipinski definition) is 4. The van der Waals surface area contributed by atoms with E-state index < -0.39 is 36.5 Å². The van der Waals surface area contributed by atoms with Crippen molar-refractivity contribution in [3.63, 3.8) is 0 Å². The SMILES string of the molecule is CC(NC(=O)NC(CC(=O)O)C(=O)O)c1ccco1. The minimum absolute atomic E-state index is 0.464. The van der Waals surface area contributed by atoms with E-state index in [0.29, 0.717) is 5.76 Å². The van der Waals surface area contributed by atoms with Gasteiger partial charge in [-0.05, 0) is 19.1 Å². The topological polar surface area (TPSA) is 129 Å². The van der Waals surface area contributed by atoms with Gasteiger partial charge >= 0.3 is 18.0 Å². The Morgan fingerprint density at radius 1 is 1.32 bits per heavy atom. The van der Waals surface area contributed by atoms with Crippen molar-refractivity contribution in [2.24, 2.45) is 0 Å². The van der Waals surface area contributed by atoms with E-state index >= 15 is 0 Å². The number of aliphatic carboxylic acids is 2. The summed E-state index contributed by atoms with van der Waals surface area (Å²) >= 11 is 0. The highest BCUT2D eigenvalue weighted by atomic mass is 16.4. The lowest BCUT2D eigenvalue weighted by Crippen LogP contribution is -2.47. The van der Waals surface area contributed by atoms with Gasteiger partial charge in [-0.25, -0.2) is 9.59 Å². The second kappa shape index (κ2) is 6.43. The fourth-order valence-electron chi connectivity index (χ4n) is 1.38. The zero-order valence-corrected chi connectivity index (χ0v) is 10.1. The van der Waals surface area contributed by atoms with Crippen LogP contribution < -0.4 is 10.6 Å². The van der Waals surface area contributed by atoms with E-state index in [1.54, 1.807) is 19.1 Å². The molecule has 0 aromatic carbocycles. The largest absolute Gasteiger partial charge is 0.481 e. The molecule has 0 spiro atoms. The highest BCUT2D eigenvalue weighted by molar-refractivity contribution is 5.86. The van der Waals surface area contributed by atoms with Crippen molar-refractivity contribution in [1.29, 1.82) is 0 Å². The molecule has 0 aliphatic heterocycles. The van der Waals surface area contributed by atoms with E-state index in [0.717, 1.165) is 0 Å². The smallest absolute Gasteiger partial charge is 0.326 e. The molecule has 2 unspecified atom stereocenters. The molecule has 2 atom stereocenters. The molecule has 0 radical (unpaired) electrons. The molecule has 8 nitrogen and oxygen atoms in total. The molecule has 1 rings (SSSR count). The number of rotatable bonds is 6. The number of amides is 2. The molecule has 4 N–H and O–H groups in total. The fraction of sp³-hybridized carbons (Fsp3) is 0.364. The lowest BCUT2D eigenvalue weighted by Gasteiger charge is -2.16. The van der Waals surface area contributed by atoms with Gasteiger partial charge in [0.2, 0.25) is 0 Å². The Morgan fingerprint density at radius 2 is 2.00 bits per heavy atom. The Morgan fingerprint density at radius 3 is 2.47 bits per heavy atom. The third kappa shape index (κ3) is 4.70. The van der Waals surface area contributed by atoms with Crippen LogP contribution >= 0.6 is 0 Å². The molecule has 8 heteroatoms. The van der Waals surface area contributed by atoms with Gasteiger partial charge in [0.1, 0.15) is 11.8 Å². The first kappa shape index (κ1) is 14.6. The molecule has 1 aromatic heterocycles. The lowest BCUT2D eigenvalue weighted by molar-refractivity contribution is -0.145. The van der Waals surface area contributed by atoms with Crippen LogP contribution in [0.1, 0.15) is 25.1 Å². The molecule has 0 aliphatic carbocycles. The summed E-state index contributed by atoms with van der Waals surface area (Å²) in [4.78, 5) is 32.7. The summed E-state index contributed by atoms with van der Waals surface area (Å²) in [6.07, 6.45) is 0.744. The van der Waals surface area contributed by atoms with Crippen molar-refractivity contribution in [1.82, 2.24) is 10.6 Å². The van der Waals surface area contributed by atoms with Gasteiger partial charge < -0.3 is 25.3 Å². The van der Waals surface area contributed by atoms with Crippen molar-refractivity contribution in [3.05, 3.63) is 24.2 Å². The number of urea groups is 1. The predicted octanol–water partition coefficient (Wildman–Crippen LogP) is 0.568. The normalized spacial score (nSPS) is 13.3. The Balaban J connectivity index is 2.53. The van der Waals surface area contributed by atoms with Crippen LogP contribution in [0.3, 0.4) is 0 Å². The standard InChI is InChI=1S/C11H14N2O6/c1-6(8-3-2-4-19-8)12-11(18)13-7(10(16)17)5-9(14)15/h2-4,6-7H,5H2,1H3,(H,14,15)(H,16,17)(H2,12,13,18). The minimum atomic E-state index is -1.48. The second-order valence-corrected chi connectivity index (χ2v) is 3.84. The first-order valence-corrected chi connectivity index (χ1v) is 5.45. The molecule has 1 aromatic rings.